The quantitative estimate of drug-likeness (QED) is 0.521. The van der Waals surface area contributed by atoms with Gasteiger partial charge >= 0.3 is 0 Å². The Kier molecular flexibility index (Phi) is 5.94. The molecular weight excluding hydrogens is 414 g/mol. The van der Waals surface area contributed by atoms with Crippen molar-refractivity contribution in [1.82, 2.24) is 9.78 Å². The van der Waals surface area contributed by atoms with Gasteiger partial charge in [-0.1, -0.05) is 19.3 Å². The normalized spacial score (nSPS) is 17.8. The SMILES string of the molecule is COc1cc(OC)cc(N(c2ccc3c(c2)NC(c2cnn(C)c2)C=N3)C2CCCCC2)c1. The summed E-state index contributed by atoms with van der Waals surface area (Å²) in [7, 11) is 5.33. The van der Waals surface area contributed by atoms with Crippen molar-refractivity contribution in [2.75, 3.05) is 24.4 Å². The van der Waals surface area contributed by atoms with Crippen LogP contribution in [0.1, 0.15) is 43.7 Å². The highest BCUT2D eigenvalue weighted by molar-refractivity contribution is 5.86. The van der Waals surface area contributed by atoms with Gasteiger partial charge in [-0.3, -0.25) is 9.67 Å². The first-order valence-corrected chi connectivity index (χ1v) is 11.6. The van der Waals surface area contributed by atoms with Crippen LogP contribution in [0.5, 0.6) is 11.5 Å². The van der Waals surface area contributed by atoms with Crippen LogP contribution in [0.3, 0.4) is 0 Å². The summed E-state index contributed by atoms with van der Waals surface area (Å²) in [6.45, 7) is 0. The van der Waals surface area contributed by atoms with Gasteiger partial charge in [-0.05, 0) is 31.0 Å². The van der Waals surface area contributed by atoms with Crippen molar-refractivity contribution in [3.8, 4) is 11.5 Å². The van der Waals surface area contributed by atoms with Crippen molar-refractivity contribution in [3.63, 3.8) is 0 Å². The molecule has 2 aliphatic rings. The van der Waals surface area contributed by atoms with Crippen LogP contribution >= 0.6 is 0 Å². The van der Waals surface area contributed by atoms with E-state index in [-0.39, 0.29) is 6.04 Å². The van der Waals surface area contributed by atoms with E-state index in [2.05, 4.69) is 45.6 Å². The molecule has 1 aliphatic heterocycles. The molecule has 1 saturated carbocycles. The second-order valence-electron chi connectivity index (χ2n) is 8.78. The molecule has 3 aromatic rings. The van der Waals surface area contributed by atoms with Crippen LogP contribution in [0.15, 0.2) is 53.8 Å². The number of ether oxygens (including phenoxy) is 2. The maximum absolute atomic E-state index is 5.58. The molecule has 5 rings (SSSR count). The zero-order valence-electron chi connectivity index (χ0n) is 19.5. The number of hydrogen-bond acceptors (Lipinski definition) is 6. The molecule has 1 aromatic heterocycles. The van der Waals surface area contributed by atoms with Crippen molar-refractivity contribution >= 4 is 29.0 Å². The summed E-state index contributed by atoms with van der Waals surface area (Å²) in [5.41, 5.74) is 5.30. The average Bonchev–Trinajstić information content (AvgIpc) is 3.30. The Morgan fingerprint density at radius 3 is 2.39 bits per heavy atom. The van der Waals surface area contributed by atoms with Crippen LogP contribution < -0.4 is 19.7 Å². The second kappa shape index (κ2) is 9.17. The third-order valence-corrected chi connectivity index (χ3v) is 6.57. The Morgan fingerprint density at radius 1 is 0.970 bits per heavy atom. The van der Waals surface area contributed by atoms with Gasteiger partial charge in [0.05, 0.1) is 37.8 Å². The third-order valence-electron chi connectivity index (χ3n) is 6.57. The van der Waals surface area contributed by atoms with E-state index < -0.39 is 0 Å². The summed E-state index contributed by atoms with van der Waals surface area (Å²) in [5.74, 6) is 1.59. The molecule has 2 heterocycles. The molecule has 7 nitrogen and oxygen atoms in total. The molecule has 172 valence electrons. The van der Waals surface area contributed by atoms with E-state index in [0.717, 1.165) is 39.8 Å². The molecule has 0 bridgehead atoms. The summed E-state index contributed by atoms with van der Waals surface area (Å²) < 4.78 is 13.0. The highest BCUT2D eigenvalue weighted by Gasteiger charge is 2.26. The Balaban J connectivity index is 1.53. The zero-order valence-corrected chi connectivity index (χ0v) is 19.5. The molecule has 0 amide bonds. The van der Waals surface area contributed by atoms with Gasteiger partial charge in [0.2, 0.25) is 0 Å². The zero-order chi connectivity index (χ0) is 22.8. The molecule has 1 N–H and O–H groups in total. The van der Waals surface area contributed by atoms with Crippen molar-refractivity contribution in [2.45, 2.75) is 44.2 Å². The van der Waals surface area contributed by atoms with Gasteiger partial charge in [0.15, 0.2) is 0 Å². The first-order chi connectivity index (χ1) is 16.1. The summed E-state index contributed by atoms with van der Waals surface area (Å²) in [5, 5.41) is 7.95. The first-order valence-electron chi connectivity index (χ1n) is 11.6. The van der Waals surface area contributed by atoms with Crippen LogP contribution in [-0.2, 0) is 7.05 Å². The molecular formula is C26H31N5O2. The van der Waals surface area contributed by atoms with Crippen molar-refractivity contribution in [2.24, 2.45) is 12.0 Å². The largest absolute Gasteiger partial charge is 0.497 e. The first kappa shape index (κ1) is 21.4. The van der Waals surface area contributed by atoms with Gasteiger partial charge in [-0.15, -0.1) is 0 Å². The number of nitrogens with zero attached hydrogens (tertiary/aromatic N) is 4. The molecule has 1 atom stereocenters. The second-order valence-corrected chi connectivity index (χ2v) is 8.78. The van der Waals surface area contributed by atoms with Crippen molar-refractivity contribution < 1.29 is 9.47 Å². The molecule has 33 heavy (non-hydrogen) atoms. The lowest BCUT2D eigenvalue weighted by Gasteiger charge is -2.37. The maximum atomic E-state index is 5.58. The molecule has 0 radical (unpaired) electrons. The summed E-state index contributed by atoms with van der Waals surface area (Å²) in [6.07, 6.45) is 12.0. The number of aliphatic imine (C=N–C) groups is 1. The van der Waals surface area contributed by atoms with Gasteiger partial charge in [0, 0.05) is 60.6 Å². The monoisotopic (exact) mass is 445 g/mol. The maximum Gasteiger partial charge on any atom is 0.124 e. The van der Waals surface area contributed by atoms with E-state index in [0.29, 0.717) is 6.04 Å². The van der Waals surface area contributed by atoms with Crippen LogP contribution in [0, 0.1) is 0 Å². The number of fused-ring (bicyclic) bond motifs is 1. The van der Waals surface area contributed by atoms with Gasteiger partial charge in [-0.25, -0.2) is 0 Å². The lowest BCUT2D eigenvalue weighted by molar-refractivity contribution is 0.393. The van der Waals surface area contributed by atoms with Gasteiger partial charge in [0.1, 0.15) is 11.5 Å². The number of aromatic nitrogens is 2. The number of benzene rings is 2. The summed E-state index contributed by atoms with van der Waals surface area (Å²) >= 11 is 0. The molecule has 0 saturated heterocycles. The highest BCUT2D eigenvalue weighted by atomic mass is 16.5. The molecule has 1 fully saturated rings. The number of rotatable bonds is 6. The molecule has 1 unspecified atom stereocenters. The number of methoxy groups -OCH3 is 2. The van der Waals surface area contributed by atoms with E-state index in [1.54, 1.807) is 14.2 Å². The topological polar surface area (TPSA) is 63.9 Å². The molecule has 0 spiro atoms. The van der Waals surface area contributed by atoms with Gasteiger partial charge in [0.25, 0.3) is 0 Å². The van der Waals surface area contributed by atoms with Gasteiger partial charge < -0.3 is 19.7 Å². The standard InChI is InChI=1S/C26H31N5O2/c1-30-17-18(15-28-30)26-16-27-24-10-9-20(13-25(24)29-26)31(19-7-5-4-6-8-19)21-11-22(32-2)14-23(12-21)33-3/h9-17,19,26,29H,4-8H2,1-3H3. The number of hydrogen-bond donors (Lipinski definition) is 1. The van der Waals surface area contributed by atoms with E-state index in [1.807, 2.05) is 36.4 Å². The van der Waals surface area contributed by atoms with Crippen LogP contribution in [-0.4, -0.2) is 36.3 Å². The molecule has 1 aliphatic carbocycles. The van der Waals surface area contributed by atoms with Crippen molar-refractivity contribution in [3.05, 3.63) is 54.4 Å². The Hall–Kier alpha value is -3.48. The molecule has 7 heteroatoms. The smallest absolute Gasteiger partial charge is 0.124 e. The predicted molar refractivity (Wildman–Crippen MR) is 133 cm³/mol. The molecule has 2 aromatic carbocycles. The summed E-state index contributed by atoms with van der Waals surface area (Å²) in [6, 6.07) is 13.0. The van der Waals surface area contributed by atoms with Gasteiger partial charge in [-0.2, -0.15) is 5.10 Å². The minimum absolute atomic E-state index is 0.00138. The highest BCUT2D eigenvalue weighted by Crippen LogP contribution is 2.42. The van der Waals surface area contributed by atoms with E-state index in [1.165, 1.54) is 32.1 Å². The number of aryl methyl sites for hydroxylation is 1. The van der Waals surface area contributed by atoms with Crippen molar-refractivity contribution in [1.29, 1.82) is 0 Å². The minimum Gasteiger partial charge on any atom is -0.497 e. The minimum atomic E-state index is 0.00138. The van der Waals surface area contributed by atoms with E-state index >= 15 is 0 Å². The average molecular weight is 446 g/mol. The van der Waals surface area contributed by atoms with Crippen LogP contribution in [0.2, 0.25) is 0 Å². The Morgan fingerprint density at radius 2 is 1.73 bits per heavy atom. The van der Waals surface area contributed by atoms with E-state index in [4.69, 9.17) is 14.5 Å². The predicted octanol–water partition coefficient (Wildman–Crippen LogP) is 5.78. The number of nitrogens with one attached hydrogen (secondary N) is 1. The Labute approximate surface area is 195 Å². The van der Waals surface area contributed by atoms with Crippen LogP contribution in [0.4, 0.5) is 22.7 Å². The third kappa shape index (κ3) is 4.40. The fraction of sp³-hybridized carbons (Fsp3) is 0.385. The fourth-order valence-corrected chi connectivity index (χ4v) is 4.87. The van der Waals surface area contributed by atoms with E-state index in [9.17, 15) is 0 Å². The lowest BCUT2D eigenvalue weighted by Crippen LogP contribution is -2.33. The Bertz CT molecular complexity index is 1130. The lowest BCUT2D eigenvalue weighted by atomic mass is 9.93. The van der Waals surface area contributed by atoms with Crippen LogP contribution in [0.25, 0.3) is 0 Å². The number of anilines is 3. The fourth-order valence-electron chi connectivity index (χ4n) is 4.87. The summed E-state index contributed by atoms with van der Waals surface area (Å²) in [4.78, 5) is 7.17.